The number of hydrogen-bond acceptors (Lipinski definition) is 22. The van der Waals surface area contributed by atoms with Gasteiger partial charge in [0, 0.05) is 16.4 Å². The van der Waals surface area contributed by atoms with Crippen molar-refractivity contribution >= 4 is 17.9 Å². The number of ether oxygens (including phenoxy) is 8. The normalized spacial score (nSPS) is 44.6. The van der Waals surface area contributed by atoms with E-state index in [1.165, 1.54) is 0 Å². The van der Waals surface area contributed by atoms with Crippen LogP contribution in [0.3, 0.4) is 0 Å². The Hall–Kier alpha value is -3.05. The van der Waals surface area contributed by atoms with Gasteiger partial charge < -0.3 is 99.2 Å². The molecule has 7 rings (SSSR count). The molecule has 23 nitrogen and oxygen atoms in total. The molecule has 0 radical (unpaired) electrons. The lowest BCUT2D eigenvalue weighted by molar-refractivity contribution is -0.384. The smallest absolute Gasteiger partial charge is 0.335 e. The molecule has 3 heterocycles. The van der Waals surface area contributed by atoms with Gasteiger partial charge in [0.15, 0.2) is 31.1 Å². The molecule has 82 heavy (non-hydrogen) atoms. The topological polar surface area (TPSA) is 368 Å². The van der Waals surface area contributed by atoms with Crippen molar-refractivity contribution in [2.24, 2.45) is 44.8 Å². The molecular weight excluding hydrogens is 1080 g/mol. The number of esters is 2. The zero-order valence-corrected chi connectivity index (χ0v) is 49.3. The average Bonchev–Trinajstić information content (AvgIpc) is 0.919. The quantitative estimate of drug-likeness (QED) is 0.0466. The number of unbranched alkanes of at least 4 members (excludes halogenated alkanes) is 1. The first-order valence-corrected chi connectivity index (χ1v) is 29.2. The fraction of sp³-hybridized carbons (Fsp3) is 0.847. The molecule has 3 aliphatic heterocycles. The second kappa shape index (κ2) is 25.7. The van der Waals surface area contributed by atoms with Crippen LogP contribution in [0.4, 0.5) is 0 Å². The van der Waals surface area contributed by atoms with Crippen LogP contribution in [0.2, 0.25) is 0 Å². The fourth-order valence-electron chi connectivity index (χ4n) is 14.9. The third-order valence-corrected chi connectivity index (χ3v) is 20.8. The van der Waals surface area contributed by atoms with Crippen LogP contribution in [0.1, 0.15) is 134 Å². The van der Waals surface area contributed by atoms with Crippen molar-refractivity contribution in [1.82, 2.24) is 0 Å². The summed E-state index contributed by atoms with van der Waals surface area (Å²) in [4.78, 5) is 40.4. The summed E-state index contributed by atoms with van der Waals surface area (Å²) in [6.07, 6.45) is -22.5. The highest BCUT2D eigenvalue weighted by Crippen LogP contribution is 2.72. The number of carbonyl (C=O) groups is 3. The van der Waals surface area contributed by atoms with Gasteiger partial charge in [0.05, 0.1) is 50.0 Å². The van der Waals surface area contributed by atoms with E-state index in [-0.39, 0.29) is 24.7 Å². The molecule has 0 bridgehead atoms. The Kier molecular flexibility index (Phi) is 20.9. The SMILES string of the molecule is C/C=C(/C)CC(=O)O[C@H]1[C@H](OC(=O)/C(C)=C\C)C(C)(C)CC2C3=CCC4CC(C(C)(C)[C@H](CCCC)O[C@@H]5OC(C(=O)O)[C@@H](O)C(O[C@@H]6O[C@@H](CO)C(O)C6O)C5O[C@@H]5OC(CO)[C@H](O)C(O)C5O)CC[C@@]4(C)[C@]3(C)[C@@H](O)[C@@H](O)[C@]21CO. The number of aliphatic carboxylic acids is 1. The molecule has 468 valence electrons. The maximum atomic E-state index is 13.9. The number of aliphatic hydroxyl groups is 11. The van der Waals surface area contributed by atoms with Gasteiger partial charge >= 0.3 is 17.9 Å². The first-order chi connectivity index (χ1) is 38.4. The lowest BCUT2D eigenvalue weighted by atomic mass is 9.36. The Morgan fingerprint density at radius 2 is 1.37 bits per heavy atom. The zero-order chi connectivity index (χ0) is 60.9. The van der Waals surface area contributed by atoms with Gasteiger partial charge in [-0.2, -0.15) is 0 Å². The number of fused-ring (bicyclic) bond motifs is 5. The van der Waals surface area contributed by atoms with Gasteiger partial charge in [-0.1, -0.05) is 90.7 Å². The van der Waals surface area contributed by atoms with Gasteiger partial charge in [0.2, 0.25) is 0 Å². The Bertz CT molecular complexity index is 2340. The van der Waals surface area contributed by atoms with Crippen molar-refractivity contribution in [2.75, 3.05) is 19.8 Å². The van der Waals surface area contributed by atoms with Gasteiger partial charge in [-0.05, 0) is 94.8 Å². The number of carbonyl (C=O) groups excluding carboxylic acids is 2. The number of rotatable bonds is 20. The van der Waals surface area contributed by atoms with Crippen LogP contribution < -0.4 is 0 Å². The van der Waals surface area contributed by atoms with Crippen LogP contribution in [-0.4, -0.2) is 216 Å². The molecule has 0 aromatic carbocycles. The van der Waals surface area contributed by atoms with Crippen molar-refractivity contribution in [3.63, 3.8) is 0 Å². The molecule has 0 spiro atoms. The van der Waals surface area contributed by atoms with Crippen molar-refractivity contribution in [1.29, 1.82) is 0 Å². The minimum absolute atomic E-state index is 0.0982. The van der Waals surface area contributed by atoms with Crippen LogP contribution in [0, 0.1) is 44.8 Å². The number of allylic oxidation sites excluding steroid dienone is 3. The summed E-state index contributed by atoms with van der Waals surface area (Å²) < 4.78 is 49.3. The average molecular weight is 1170 g/mol. The molecule has 23 heteroatoms. The van der Waals surface area contributed by atoms with E-state index >= 15 is 0 Å². The van der Waals surface area contributed by atoms with Gasteiger partial charge in [0.25, 0.3) is 0 Å². The van der Waals surface area contributed by atoms with E-state index in [1.807, 2.05) is 41.5 Å². The van der Waals surface area contributed by atoms with Crippen LogP contribution >= 0.6 is 0 Å². The minimum atomic E-state index is -2.13. The molecule has 11 unspecified atom stereocenters. The maximum absolute atomic E-state index is 13.9. The van der Waals surface area contributed by atoms with Crippen LogP contribution in [0.5, 0.6) is 0 Å². The van der Waals surface area contributed by atoms with Gasteiger partial charge in [-0.15, -0.1) is 0 Å². The monoisotopic (exact) mass is 1170 g/mol. The summed E-state index contributed by atoms with van der Waals surface area (Å²) >= 11 is 0. The van der Waals surface area contributed by atoms with E-state index in [1.54, 1.807) is 39.8 Å². The molecule has 0 aromatic rings. The standard InChI is InChI=1S/C59H94O23/c1-12-15-16-35(77-54-45(81-53-41(68)39(66)37(64)33(24-60)75-53)43(42(69)44(80-54)50(72)73)79-52-40(67)38(65)34(25-61)76-52)56(8,9)29-19-20-57(10)30(22-29)17-18-31-32-23-55(6,7)48(82-51(74)28(5)14-3)49(78-36(63)21-27(4)13-2)59(32,26-62)47(71)46(70)58(31,57)11/h13-14,18,29-30,32-35,37-49,52-54,60-62,64-71H,12,15-17,19-26H2,1-11H3,(H,72,73)/b27-13-,28-14-/t29?,30?,32?,33?,34-,35-,37-,38?,39?,40?,41?,42-,43?,44?,45?,46-,47+,48-,49-,52-,53-,54+,57+,58-,59-/m0/s1. The van der Waals surface area contributed by atoms with E-state index in [0.717, 1.165) is 11.1 Å². The van der Waals surface area contributed by atoms with Crippen LogP contribution in [0.25, 0.3) is 0 Å². The van der Waals surface area contributed by atoms with Crippen LogP contribution in [-0.2, 0) is 52.3 Å². The maximum Gasteiger partial charge on any atom is 0.335 e. The van der Waals surface area contributed by atoms with E-state index in [2.05, 4.69) is 13.0 Å². The van der Waals surface area contributed by atoms with Crippen molar-refractivity contribution in [2.45, 2.75) is 250 Å². The van der Waals surface area contributed by atoms with Crippen molar-refractivity contribution in [3.05, 3.63) is 34.9 Å². The second-order valence-electron chi connectivity index (χ2n) is 26.1. The van der Waals surface area contributed by atoms with Gasteiger partial charge in [-0.3, -0.25) is 4.79 Å². The molecule has 7 aliphatic rings. The van der Waals surface area contributed by atoms with Gasteiger partial charge in [-0.25, -0.2) is 9.59 Å². The van der Waals surface area contributed by atoms with E-state index in [0.29, 0.717) is 50.5 Å². The minimum Gasteiger partial charge on any atom is -0.479 e. The van der Waals surface area contributed by atoms with Crippen molar-refractivity contribution in [3.8, 4) is 0 Å². The lowest BCUT2D eigenvalue weighted by Gasteiger charge is -2.70. The summed E-state index contributed by atoms with van der Waals surface area (Å²) in [7, 11) is 0. The lowest BCUT2D eigenvalue weighted by Crippen LogP contribution is -2.75. The predicted octanol–water partition coefficient (Wildman–Crippen LogP) is 1.43. The Morgan fingerprint density at radius 1 is 0.768 bits per heavy atom. The summed E-state index contributed by atoms with van der Waals surface area (Å²) in [5.41, 5.74) is -3.37. The predicted molar refractivity (Wildman–Crippen MR) is 288 cm³/mol. The Morgan fingerprint density at radius 3 is 1.93 bits per heavy atom. The number of carboxylic acids is 1. The molecular formula is C59H94O23. The summed E-state index contributed by atoms with van der Waals surface area (Å²) in [5.74, 6) is -3.89. The molecule has 0 aromatic heterocycles. The summed E-state index contributed by atoms with van der Waals surface area (Å²) in [6.45, 7) is 18.5. The second-order valence-corrected chi connectivity index (χ2v) is 26.1. The molecule has 0 amide bonds. The van der Waals surface area contributed by atoms with Gasteiger partial charge in [0.1, 0.15) is 67.1 Å². The fourth-order valence-corrected chi connectivity index (χ4v) is 14.9. The first-order valence-electron chi connectivity index (χ1n) is 29.2. The summed E-state index contributed by atoms with van der Waals surface area (Å²) in [6, 6.07) is 0. The first kappa shape index (κ1) is 66.5. The molecule has 3 saturated carbocycles. The number of aliphatic hydroxyl groups excluding tert-OH is 11. The molecule has 12 N–H and O–H groups in total. The van der Waals surface area contributed by atoms with E-state index < -0.39 is 187 Å². The van der Waals surface area contributed by atoms with E-state index in [4.69, 9.17) is 37.9 Å². The third kappa shape index (κ3) is 11.7. The molecule has 25 atom stereocenters. The van der Waals surface area contributed by atoms with Crippen molar-refractivity contribution < 1.29 is 114 Å². The number of hydrogen-bond donors (Lipinski definition) is 12. The van der Waals surface area contributed by atoms with Crippen LogP contribution in [0.15, 0.2) is 34.9 Å². The zero-order valence-electron chi connectivity index (χ0n) is 49.3. The highest BCUT2D eigenvalue weighted by atomic mass is 16.8. The highest BCUT2D eigenvalue weighted by Gasteiger charge is 2.75. The molecule has 4 aliphatic carbocycles. The largest absolute Gasteiger partial charge is 0.479 e. The van der Waals surface area contributed by atoms with E-state index in [9.17, 15) is 75.7 Å². The summed E-state index contributed by atoms with van der Waals surface area (Å²) in [5, 5.41) is 134. The molecule has 3 saturated heterocycles. The Balaban J connectivity index is 1.24. The number of carboxylic acid groups (broad SMARTS) is 1. The Labute approximate surface area is 480 Å². The molecule has 6 fully saturated rings. The third-order valence-electron chi connectivity index (χ3n) is 20.8. The highest BCUT2D eigenvalue weighted by molar-refractivity contribution is 5.87.